The standard InChI is InChI=1S/C24H32N2O2/c1-4-22(21-10-11-23(28-3)18(2)16-21)25-24(27)20-12-14-26(15-13-20)17-19-8-6-5-7-9-19/h5-11,16,20,22H,4,12-15,17H2,1-3H3,(H,25,27)/t22-/m1/s1. The van der Waals surface area contributed by atoms with E-state index in [9.17, 15) is 4.79 Å². The Morgan fingerprint density at radius 2 is 1.89 bits per heavy atom. The molecule has 150 valence electrons. The molecule has 28 heavy (non-hydrogen) atoms. The third-order valence-electron chi connectivity index (χ3n) is 5.75. The molecule has 2 aromatic carbocycles. The van der Waals surface area contributed by atoms with E-state index in [0.717, 1.165) is 55.8 Å². The molecule has 1 fully saturated rings. The molecule has 0 radical (unpaired) electrons. The zero-order valence-corrected chi connectivity index (χ0v) is 17.3. The maximum atomic E-state index is 12.9. The minimum atomic E-state index is 0.0551. The Hall–Kier alpha value is -2.33. The van der Waals surface area contributed by atoms with Crippen molar-refractivity contribution < 1.29 is 9.53 Å². The highest BCUT2D eigenvalue weighted by Crippen LogP contribution is 2.26. The third kappa shape index (κ3) is 5.14. The number of ether oxygens (including phenoxy) is 1. The smallest absolute Gasteiger partial charge is 0.223 e. The monoisotopic (exact) mass is 380 g/mol. The fraction of sp³-hybridized carbons (Fsp3) is 0.458. The molecule has 1 N–H and O–H groups in total. The molecule has 4 heteroatoms. The third-order valence-corrected chi connectivity index (χ3v) is 5.75. The van der Waals surface area contributed by atoms with Gasteiger partial charge in [0.05, 0.1) is 13.2 Å². The molecular weight excluding hydrogens is 348 g/mol. The first-order valence-electron chi connectivity index (χ1n) is 10.3. The second-order valence-corrected chi connectivity index (χ2v) is 7.73. The van der Waals surface area contributed by atoms with Gasteiger partial charge < -0.3 is 10.1 Å². The second-order valence-electron chi connectivity index (χ2n) is 7.73. The van der Waals surface area contributed by atoms with E-state index in [1.54, 1.807) is 7.11 Å². The summed E-state index contributed by atoms with van der Waals surface area (Å²) in [6.45, 7) is 7.08. The van der Waals surface area contributed by atoms with E-state index in [2.05, 4.69) is 59.6 Å². The van der Waals surface area contributed by atoms with E-state index in [-0.39, 0.29) is 17.9 Å². The molecule has 3 rings (SSSR count). The van der Waals surface area contributed by atoms with Crippen molar-refractivity contribution in [3.63, 3.8) is 0 Å². The van der Waals surface area contributed by atoms with Gasteiger partial charge in [0.15, 0.2) is 0 Å². The van der Waals surface area contributed by atoms with Crippen LogP contribution < -0.4 is 10.1 Å². The molecule has 0 aliphatic carbocycles. The summed E-state index contributed by atoms with van der Waals surface area (Å²) in [5.74, 6) is 1.19. The van der Waals surface area contributed by atoms with Gasteiger partial charge in [-0.15, -0.1) is 0 Å². The number of carbonyl (C=O) groups is 1. The van der Waals surface area contributed by atoms with Crippen molar-refractivity contribution in [3.8, 4) is 5.75 Å². The average Bonchev–Trinajstić information content (AvgIpc) is 2.73. The largest absolute Gasteiger partial charge is 0.496 e. The van der Waals surface area contributed by atoms with Crippen LogP contribution in [0.4, 0.5) is 0 Å². The maximum absolute atomic E-state index is 12.9. The number of nitrogens with zero attached hydrogens (tertiary/aromatic N) is 1. The lowest BCUT2D eigenvalue weighted by atomic mass is 9.94. The first kappa shape index (κ1) is 20.4. The van der Waals surface area contributed by atoms with Crippen LogP contribution in [0.5, 0.6) is 5.75 Å². The summed E-state index contributed by atoms with van der Waals surface area (Å²) < 4.78 is 5.35. The van der Waals surface area contributed by atoms with Crippen LogP contribution in [0, 0.1) is 12.8 Å². The number of piperidine rings is 1. The molecule has 0 saturated carbocycles. The molecular formula is C24H32N2O2. The summed E-state index contributed by atoms with van der Waals surface area (Å²) in [4.78, 5) is 15.3. The quantitative estimate of drug-likeness (QED) is 0.770. The summed E-state index contributed by atoms with van der Waals surface area (Å²) in [6, 6.07) is 16.8. The van der Waals surface area contributed by atoms with Gasteiger partial charge in [-0.2, -0.15) is 0 Å². The van der Waals surface area contributed by atoms with Gasteiger partial charge in [0.2, 0.25) is 5.91 Å². The average molecular weight is 381 g/mol. The van der Waals surface area contributed by atoms with E-state index >= 15 is 0 Å². The van der Waals surface area contributed by atoms with Crippen LogP contribution in [0.3, 0.4) is 0 Å². The highest BCUT2D eigenvalue weighted by molar-refractivity contribution is 5.79. The Morgan fingerprint density at radius 1 is 1.18 bits per heavy atom. The van der Waals surface area contributed by atoms with Gasteiger partial charge in [-0.05, 0) is 62.0 Å². The summed E-state index contributed by atoms with van der Waals surface area (Å²) in [5, 5.41) is 3.28. The van der Waals surface area contributed by atoms with Crippen molar-refractivity contribution >= 4 is 5.91 Å². The van der Waals surface area contributed by atoms with Crippen molar-refractivity contribution in [1.29, 1.82) is 0 Å². The van der Waals surface area contributed by atoms with Gasteiger partial charge in [0, 0.05) is 12.5 Å². The number of nitrogens with one attached hydrogen (secondary N) is 1. The lowest BCUT2D eigenvalue weighted by molar-refractivity contribution is -0.127. The van der Waals surface area contributed by atoms with Crippen molar-refractivity contribution in [3.05, 3.63) is 65.2 Å². The highest BCUT2D eigenvalue weighted by atomic mass is 16.5. The number of methoxy groups -OCH3 is 1. The van der Waals surface area contributed by atoms with Gasteiger partial charge >= 0.3 is 0 Å². The van der Waals surface area contributed by atoms with Crippen LogP contribution in [0.25, 0.3) is 0 Å². The summed E-state index contributed by atoms with van der Waals surface area (Å²) in [5.41, 5.74) is 3.59. The lowest BCUT2D eigenvalue weighted by Crippen LogP contribution is -2.41. The molecule has 1 atom stereocenters. The van der Waals surface area contributed by atoms with E-state index in [1.165, 1.54) is 5.56 Å². The number of benzene rings is 2. The Morgan fingerprint density at radius 3 is 2.50 bits per heavy atom. The topological polar surface area (TPSA) is 41.6 Å². The van der Waals surface area contributed by atoms with Gasteiger partial charge in [-0.1, -0.05) is 49.4 Å². The van der Waals surface area contributed by atoms with Gasteiger partial charge in [-0.3, -0.25) is 9.69 Å². The predicted molar refractivity (Wildman–Crippen MR) is 113 cm³/mol. The van der Waals surface area contributed by atoms with Crippen LogP contribution >= 0.6 is 0 Å². The van der Waals surface area contributed by atoms with Crippen LogP contribution in [-0.4, -0.2) is 31.0 Å². The molecule has 1 saturated heterocycles. The predicted octanol–water partition coefficient (Wildman–Crippen LogP) is 4.48. The highest BCUT2D eigenvalue weighted by Gasteiger charge is 2.26. The fourth-order valence-corrected chi connectivity index (χ4v) is 4.02. The zero-order chi connectivity index (χ0) is 19.9. The van der Waals surface area contributed by atoms with Gasteiger partial charge in [-0.25, -0.2) is 0 Å². The van der Waals surface area contributed by atoms with Crippen molar-refractivity contribution in [1.82, 2.24) is 10.2 Å². The minimum Gasteiger partial charge on any atom is -0.496 e. The van der Waals surface area contributed by atoms with Gasteiger partial charge in [0.25, 0.3) is 0 Å². The maximum Gasteiger partial charge on any atom is 0.223 e. The molecule has 1 heterocycles. The molecule has 0 spiro atoms. The number of hydrogen-bond donors (Lipinski definition) is 1. The van der Waals surface area contributed by atoms with Gasteiger partial charge in [0.1, 0.15) is 5.75 Å². The summed E-state index contributed by atoms with van der Waals surface area (Å²) in [6.07, 6.45) is 2.73. The van der Waals surface area contributed by atoms with Crippen LogP contribution in [0.1, 0.15) is 48.9 Å². The molecule has 2 aromatic rings. The lowest BCUT2D eigenvalue weighted by Gasteiger charge is -2.32. The fourth-order valence-electron chi connectivity index (χ4n) is 4.02. The molecule has 0 aromatic heterocycles. The van der Waals surface area contributed by atoms with Crippen LogP contribution in [-0.2, 0) is 11.3 Å². The molecule has 0 unspecified atom stereocenters. The van der Waals surface area contributed by atoms with Crippen molar-refractivity contribution in [2.45, 2.75) is 45.7 Å². The minimum absolute atomic E-state index is 0.0551. The summed E-state index contributed by atoms with van der Waals surface area (Å²) >= 11 is 0. The Kier molecular flexibility index (Phi) is 7.10. The van der Waals surface area contributed by atoms with E-state index in [1.807, 2.05) is 13.0 Å². The normalized spacial score (nSPS) is 16.5. The van der Waals surface area contributed by atoms with E-state index in [0.29, 0.717) is 0 Å². The number of amides is 1. The first-order valence-corrected chi connectivity index (χ1v) is 10.3. The Bertz CT molecular complexity index is 767. The Labute approximate surface area is 168 Å². The number of hydrogen-bond acceptors (Lipinski definition) is 3. The molecule has 1 amide bonds. The SMILES string of the molecule is CC[C@@H](NC(=O)C1CCN(Cc2ccccc2)CC1)c1ccc(OC)c(C)c1. The molecule has 4 nitrogen and oxygen atoms in total. The first-order chi connectivity index (χ1) is 13.6. The number of aryl methyl sites for hydroxylation is 1. The van der Waals surface area contributed by atoms with Crippen molar-refractivity contribution in [2.24, 2.45) is 5.92 Å². The molecule has 1 aliphatic heterocycles. The molecule has 1 aliphatic rings. The number of likely N-dealkylation sites (tertiary alicyclic amines) is 1. The Balaban J connectivity index is 1.53. The summed E-state index contributed by atoms with van der Waals surface area (Å²) in [7, 11) is 1.69. The molecule has 0 bridgehead atoms. The van der Waals surface area contributed by atoms with Crippen LogP contribution in [0.15, 0.2) is 48.5 Å². The van der Waals surface area contributed by atoms with E-state index in [4.69, 9.17) is 4.74 Å². The zero-order valence-electron chi connectivity index (χ0n) is 17.3. The second kappa shape index (κ2) is 9.74. The number of rotatable bonds is 7. The van der Waals surface area contributed by atoms with Crippen molar-refractivity contribution in [2.75, 3.05) is 20.2 Å². The van der Waals surface area contributed by atoms with E-state index < -0.39 is 0 Å². The van der Waals surface area contributed by atoms with Crippen LogP contribution in [0.2, 0.25) is 0 Å². The number of carbonyl (C=O) groups excluding carboxylic acids is 1.